The van der Waals surface area contributed by atoms with Gasteiger partial charge in [0.1, 0.15) is 5.78 Å². The van der Waals surface area contributed by atoms with Crippen molar-refractivity contribution in [2.75, 3.05) is 42.0 Å². The molecule has 0 radical (unpaired) electrons. The second kappa shape index (κ2) is 23.3. The Morgan fingerprint density at radius 1 is 0.982 bits per heavy atom. The largest absolute Gasteiger partial charge is 0.469 e. The van der Waals surface area contributed by atoms with Crippen molar-refractivity contribution in [2.24, 2.45) is 34.7 Å². The predicted molar refractivity (Wildman–Crippen MR) is 211 cm³/mol. The molecule has 0 spiro atoms. The van der Waals surface area contributed by atoms with Crippen LogP contribution in [0.3, 0.4) is 0 Å². The van der Waals surface area contributed by atoms with Gasteiger partial charge in [0.15, 0.2) is 5.78 Å². The minimum absolute atomic E-state index is 0.0119. The number of carbonyl (C=O) groups excluding carboxylic acids is 5. The van der Waals surface area contributed by atoms with Crippen molar-refractivity contribution in [2.45, 2.75) is 123 Å². The van der Waals surface area contributed by atoms with Crippen molar-refractivity contribution in [1.29, 1.82) is 0 Å². The molecule has 1 saturated heterocycles. The Balaban J connectivity index is 2.32. The summed E-state index contributed by atoms with van der Waals surface area (Å²) in [7, 11) is 7.72. The number of azide groups is 1. The standard InChI is InChI=1S/C41H66N6O8/c1-12-26(4)38(46(8)40(51)31(28(6)44-45-42)23-34(49)37(43-7)25(2)3)35(53-9)24-36(50)47-20-16-19-32(47)39(54-10)27(5)33(48)22-30(41(52)55-11)21-29-17-14-13-15-18-29/h13-15,17-18,25-28,30-32,35,37-39,43H,12,16,19-24H2,1-11H3/t26-,27-,28-,30+,31-,32-,35+,37-,38-,39+/m0/s1. The zero-order chi connectivity index (χ0) is 41.4. The molecule has 2 amide bonds. The molecular weight excluding hydrogens is 704 g/mol. The number of esters is 1. The number of benzene rings is 1. The van der Waals surface area contributed by atoms with Crippen LogP contribution >= 0.6 is 0 Å². The minimum atomic E-state index is -0.918. The topological polar surface area (TPSA) is 180 Å². The maximum atomic E-state index is 14.3. The van der Waals surface area contributed by atoms with E-state index >= 15 is 0 Å². The Morgan fingerprint density at radius 3 is 2.16 bits per heavy atom. The summed E-state index contributed by atoms with van der Waals surface area (Å²) in [5.41, 5.74) is 10.2. The van der Waals surface area contributed by atoms with E-state index in [2.05, 4.69) is 15.3 Å². The van der Waals surface area contributed by atoms with Crippen LogP contribution in [0.15, 0.2) is 35.4 Å². The molecule has 1 aliphatic heterocycles. The lowest BCUT2D eigenvalue weighted by atomic mass is 9.85. The Labute approximate surface area is 328 Å². The van der Waals surface area contributed by atoms with Crippen molar-refractivity contribution < 1.29 is 38.2 Å². The maximum Gasteiger partial charge on any atom is 0.309 e. The van der Waals surface area contributed by atoms with Crippen LogP contribution in [0.25, 0.3) is 10.4 Å². The van der Waals surface area contributed by atoms with E-state index in [9.17, 15) is 29.5 Å². The van der Waals surface area contributed by atoms with Crippen LogP contribution in [-0.4, -0.2) is 117 Å². The second-order valence-corrected chi connectivity index (χ2v) is 15.4. The number of likely N-dealkylation sites (tertiary alicyclic amines) is 1. The van der Waals surface area contributed by atoms with E-state index in [-0.39, 0.29) is 60.5 Å². The number of hydrogen-bond donors (Lipinski definition) is 1. The van der Waals surface area contributed by atoms with Crippen LogP contribution < -0.4 is 5.32 Å². The van der Waals surface area contributed by atoms with Crippen LogP contribution in [0.1, 0.15) is 85.6 Å². The van der Waals surface area contributed by atoms with Crippen LogP contribution in [0, 0.1) is 29.6 Å². The molecule has 1 N–H and O–H groups in total. The number of hydrogen-bond acceptors (Lipinski definition) is 10. The molecule has 0 unspecified atom stereocenters. The molecule has 2 rings (SSSR count). The summed E-state index contributed by atoms with van der Waals surface area (Å²) in [6, 6.07) is 7.28. The Bertz CT molecular complexity index is 1450. The fourth-order valence-corrected chi connectivity index (χ4v) is 8.17. The van der Waals surface area contributed by atoms with Crippen molar-refractivity contribution >= 4 is 29.4 Å². The lowest BCUT2D eigenvalue weighted by Gasteiger charge is -2.40. The van der Waals surface area contributed by atoms with Gasteiger partial charge in [0.05, 0.1) is 55.7 Å². The second-order valence-electron chi connectivity index (χ2n) is 15.4. The summed E-state index contributed by atoms with van der Waals surface area (Å²) in [6.45, 7) is 11.7. The molecule has 1 heterocycles. The average molecular weight is 771 g/mol. The van der Waals surface area contributed by atoms with Crippen LogP contribution in [0.2, 0.25) is 0 Å². The summed E-state index contributed by atoms with van der Waals surface area (Å²) < 4.78 is 17.0. The number of rotatable bonds is 24. The van der Waals surface area contributed by atoms with Crippen molar-refractivity contribution in [3.8, 4) is 0 Å². The third-order valence-electron chi connectivity index (χ3n) is 11.5. The molecule has 1 fully saturated rings. The van der Waals surface area contributed by atoms with Crippen LogP contribution in [0.5, 0.6) is 0 Å². The Hall–Kier alpha value is -3.84. The molecule has 1 aliphatic rings. The number of carbonyl (C=O) groups is 5. The summed E-state index contributed by atoms with van der Waals surface area (Å²) in [6.07, 6.45) is 0.894. The van der Waals surface area contributed by atoms with Gasteiger partial charge in [-0.15, -0.1) is 0 Å². The maximum absolute atomic E-state index is 14.3. The van der Waals surface area contributed by atoms with E-state index in [4.69, 9.17) is 14.2 Å². The molecule has 0 bridgehead atoms. The van der Waals surface area contributed by atoms with Gasteiger partial charge in [-0.1, -0.05) is 83.4 Å². The van der Waals surface area contributed by atoms with Gasteiger partial charge in [0, 0.05) is 57.5 Å². The third kappa shape index (κ3) is 12.8. The van der Waals surface area contributed by atoms with Gasteiger partial charge in [-0.3, -0.25) is 24.0 Å². The number of nitrogens with zero attached hydrogens (tertiary/aromatic N) is 5. The van der Waals surface area contributed by atoms with Gasteiger partial charge in [-0.2, -0.15) is 0 Å². The summed E-state index contributed by atoms with van der Waals surface area (Å²) in [5, 5.41) is 6.86. The van der Waals surface area contributed by atoms with E-state index in [1.165, 1.54) is 21.3 Å². The lowest BCUT2D eigenvalue weighted by Crippen LogP contribution is -2.54. The molecule has 1 aromatic rings. The Morgan fingerprint density at radius 2 is 1.64 bits per heavy atom. The van der Waals surface area contributed by atoms with E-state index in [1.807, 2.05) is 58.0 Å². The van der Waals surface area contributed by atoms with Crippen LogP contribution in [0.4, 0.5) is 0 Å². The first-order valence-electron chi connectivity index (χ1n) is 19.6. The predicted octanol–water partition coefficient (Wildman–Crippen LogP) is 5.42. The summed E-state index contributed by atoms with van der Waals surface area (Å²) >= 11 is 0. The normalized spacial score (nSPS) is 19.2. The van der Waals surface area contributed by atoms with E-state index in [0.717, 1.165) is 12.0 Å². The molecule has 1 aromatic carbocycles. The molecule has 55 heavy (non-hydrogen) atoms. The average Bonchev–Trinajstić information content (AvgIpc) is 3.66. The smallest absolute Gasteiger partial charge is 0.309 e. The number of amides is 2. The highest BCUT2D eigenvalue weighted by molar-refractivity contribution is 5.90. The fraction of sp³-hybridized carbons (Fsp3) is 0.732. The quantitative estimate of drug-likeness (QED) is 0.0622. The molecule has 14 nitrogen and oxygen atoms in total. The number of nitrogens with one attached hydrogen (secondary N) is 1. The van der Waals surface area contributed by atoms with Gasteiger partial charge < -0.3 is 29.3 Å². The number of ketones is 2. The fourth-order valence-electron chi connectivity index (χ4n) is 8.17. The van der Waals surface area contributed by atoms with Gasteiger partial charge in [0.2, 0.25) is 11.8 Å². The molecule has 14 heteroatoms. The third-order valence-corrected chi connectivity index (χ3v) is 11.5. The number of likely N-dealkylation sites (N-methyl/N-ethyl adjacent to an activating group) is 2. The first kappa shape index (κ1) is 47.3. The number of Topliss-reactive ketones (excluding diaryl/α,β-unsaturated/α-hetero) is 2. The van der Waals surface area contributed by atoms with E-state index < -0.39 is 54.1 Å². The summed E-state index contributed by atoms with van der Waals surface area (Å²) in [4.78, 5) is 74.7. The van der Waals surface area contributed by atoms with Crippen molar-refractivity contribution in [1.82, 2.24) is 15.1 Å². The molecule has 0 aromatic heterocycles. The molecule has 308 valence electrons. The number of methoxy groups -OCH3 is 3. The van der Waals surface area contributed by atoms with Gasteiger partial charge in [0.25, 0.3) is 0 Å². The SMILES string of the molecule is CC[C@H](C)[C@@H]([C@@H](CC(=O)N1CCC[C@H]1[C@H](OC)[C@@H](C)C(=O)C[C@@H](Cc1ccccc1)C(=O)OC)OC)N(C)C(=O)[C@@H](CC(=O)[C@@H](NC)C(C)C)[C@H](C)N=[N+]=[N-]. The molecule has 10 atom stereocenters. The first-order chi connectivity index (χ1) is 26.1. The summed E-state index contributed by atoms with van der Waals surface area (Å²) in [5.74, 6) is -3.62. The van der Waals surface area contributed by atoms with Gasteiger partial charge in [-0.25, -0.2) is 0 Å². The van der Waals surface area contributed by atoms with Gasteiger partial charge >= 0.3 is 5.97 Å². The zero-order valence-corrected chi connectivity index (χ0v) is 34.9. The molecule has 0 aliphatic carbocycles. The van der Waals surface area contributed by atoms with Crippen LogP contribution in [-0.2, 0) is 44.6 Å². The number of ether oxygens (including phenoxy) is 3. The van der Waals surface area contributed by atoms with E-state index in [1.54, 1.807) is 37.7 Å². The van der Waals surface area contributed by atoms with E-state index in [0.29, 0.717) is 25.8 Å². The molecular formula is C41H66N6O8. The van der Waals surface area contributed by atoms with Gasteiger partial charge in [-0.05, 0) is 49.2 Å². The highest BCUT2D eigenvalue weighted by atomic mass is 16.5. The van der Waals surface area contributed by atoms with Crippen molar-refractivity contribution in [3.05, 3.63) is 46.3 Å². The monoisotopic (exact) mass is 770 g/mol. The highest BCUT2D eigenvalue weighted by Crippen LogP contribution is 2.31. The first-order valence-corrected chi connectivity index (χ1v) is 19.6. The molecule has 0 saturated carbocycles. The Kier molecular flexibility index (Phi) is 20.0. The minimum Gasteiger partial charge on any atom is -0.469 e. The lowest BCUT2D eigenvalue weighted by molar-refractivity contribution is -0.149. The zero-order valence-electron chi connectivity index (χ0n) is 34.9. The van der Waals surface area contributed by atoms with Crippen molar-refractivity contribution in [3.63, 3.8) is 0 Å². The highest BCUT2D eigenvalue weighted by Gasteiger charge is 2.43.